The van der Waals surface area contributed by atoms with Crippen LogP contribution in [0, 0.1) is 5.82 Å². The maximum atomic E-state index is 13.3. The maximum absolute atomic E-state index is 13.3. The number of Topliss-reactive ketones (excluding diaryl/α,β-unsaturated/α-hetero) is 1. The molecule has 0 aliphatic rings. The predicted octanol–water partition coefficient (Wildman–Crippen LogP) is 1.83. The second-order valence-electron chi connectivity index (χ2n) is 3.44. The molecule has 0 radical (unpaired) electrons. The van der Waals surface area contributed by atoms with E-state index in [9.17, 15) is 17.6 Å². The third kappa shape index (κ3) is 2.47. The first kappa shape index (κ1) is 12.8. The summed E-state index contributed by atoms with van der Waals surface area (Å²) >= 11 is 0. The monoisotopic (exact) mass is 244 g/mol. The normalized spacial score (nSPS) is 13.4. The number of halogens is 1. The van der Waals surface area contributed by atoms with Gasteiger partial charge in [-0.3, -0.25) is 4.79 Å². The van der Waals surface area contributed by atoms with Crippen molar-refractivity contribution >= 4 is 15.6 Å². The summed E-state index contributed by atoms with van der Waals surface area (Å²) < 4.78 is 36.2. The van der Waals surface area contributed by atoms with Crippen LogP contribution in [-0.2, 0) is 9.84 Å². The van der Waals surface area contributed by atoms with E-state index in [0.29, 0.717) is 0 Å². The third-order valence-corrected chi connectivity index (χ3v) is 4.55. The van der Waals surface area contributed by atoms with Crippen LogP contribution in [0.5, 0.6) is 0 Å². The molecule has 0 fully saturated rings. The lowest BCUT2D eigenvalue weighted by Gasteiger charge is -2.10. The van der Waals surface area contributed by atoms with E-state index in [2.05, 4.69) is 0 Å². The lowest BCUT2D eigenvalue weighted by atomic mass is 10.1. The number of sulfone groups is 1. The average molecular weight is 244 g/mol. The van der Waals surface area contributed by atoms with E-state index < -0.39 is 26.7 Å². The highest BCUT2D eigenvalue weighted by Gasteiger charge is 2.28. The lowest BCUT2D eigenvalue weighted by molar-refractivity contribution is 0.0987. The van der Waals surface area contributed by atoms with Crippen molar-refractivity contribution in [3.63, 3.8) is 0 Å². The third-order valence-electron chi connectivity index (χ3n) is 2.45. The van der Waals surface area contributed by atoms with Crippen LogP contribution in [0.15, 0.2) is 24.3 Å². The van der Waals surface area contributed by atoms with Crippen LogP contribution in [-0.4, -0.2) is 25.2 Å². The molecule has 88 valence electrons. The van der Waals surface area contributed by atoms with Crippen LogP contribution in [0.3, 0.4) is 0 Å². The van der Waals surface area contributed by atoms with Gasteiger partial charge in [0.2, 0.25) is 0 Å². The minimum absolute atomic E-state index is 0.131. The van der Waals surface area contributed by atoms with Gasteiger partial charge in [-0.2, -0.15) is 0 Å². The number of rotatable bonds is 4. The molecule has 0 aliphatic heterocycles. The smallest absolute Gasteiger partial charge is 0.183 e. The number of carbonyl (C=O) groups is 1. The van der Waals surface area contributed by atoms with Crippen molar-refractivity contribution in [3.05, 3.63) is 35.6 Å². The van der Waals surface area contributed by atoms with E-state index in [0.717, 1.165) is 6.07 Å². The van der Waals surface area contributed by atoms with E-state index in [-0.39, 0.29) is 11.3 Å². The SMILES string of the molecule is CCS(=O)(=O)[C@H](C)C(=O)c1ccccc1F. The van der Waals surface area contributed by atoms with Crippen LogP contribution in [0.2, 0.25) is 0 Å². The largest absolute Gasteiger partial charge is 0.293 e. The van der Waals surface area contributed by atoms with Gasteiger partial charge in [0.1, 0.15) is 11.1 Å². The molecule has 0 saturated carbocycles. The molecule has 0 heterocycles. The predicted molar refractivity (Wildman–Crippen MR) is 59.7 cm³/mol. The summed E-state index contributed by atoms with van der Waals surface area (Å²) in [6, 6.07) is 5.38. The first-order chi connectivity index (χ1) is 7.40. The molecule has 0 amide bonds. The standard InChI is InChI=1S/C11H13FO3S/c1-3-16(14,15)8(2)11(13)9-6-4-5-7-10(9)12/h4-8H,3H2,1-2H3/t8-/m1/s1. The van der Waals surface area contributed by atoms with Crippen LogP contribution < -0.4 is 0 Å². The molecule has 1 atom stereocenters. The van der Waals surface area contributed by atoms with Crippen LogP contribution in [0.1, 0.15) is 24.2 Å². The molecular weight excluding hydrogens is 231 g/mol. The Labute approximate surface area is 94.2 Å². The number of carbonyl (C=O) groups excluding carboxylic acids is 1. The molecule has 5 heteroatoms. The van der Waals surface area contributed by atoms with Gasteiger partial charge in [-0.25, -0.2) is 12.8 Å². The fourth-order valence-corrected chi connectivity index (χ4v) is 2.25. The van der Waals surface area contributed by atoms with Gasteiger partial charge in [0.05, 0.1) is 5.56 Å². The van der Waals surface area contributed by atoms with Crippen molar-refractivity contribution in [2.75, 3.05) is 5.75 Å². The van der Waals surface area contributed by atoms with E-state index in [1.165, 1.54) is 32.0 Å². The Morgan fingerprint density at radius 1 is 1.38 bits per heavy atom. The van der Waals surface area contributed by atoms with Crippen molar-refractivity contribution < 1.29 is 17.6 Å². The number of hydrogen-bond acceptors (Lipinski definition) is 3. The number of ketones is 1. The molecule has 0 spiro atoms. The summed E-state index contributed by atoms with van der Waals surface area (Å²) in [4.78, 5) is 11.8. The molecule has 1 rings (SSSR count). The van der Waals surface area contributed by atoms with Gasteiger partial charge < -0.3 is 0 Å². The van der Waals surface area contributed by atoms with Gasteiger partial charge in [0.15, 0.2) is 15.6 Å². The highest BCUT2D eigenvalue weighted by molar-refractivity contribution is 7.92. The zero-order valence-electron chi connectivity index (χ0n) is 9.10. The summed E-state index contributed by atoms with van der Waals surface area (Å²) in [5, 5.41) is -1.20. The Morgan fingerprint density at radius 2 is 1.94 bits per heavy atom. The summed E-state index contributed by atoms with van der Waals surface area (Å²) in [6.45, 7) is 2.74. The summed E-state index contributed by atoms with van der Waals surface area (Å²) in [7, 11) is -3.48. The minimum Gasteiger partial charge on any atom is -0.293 e. The maximum Gasteiger partial charge on any atom is 0.183 e. The summed E-state index contributed by atoms with van der Waals surface area (Å²) in [5.74, 6) is -1.51. The van der Waals surface area contributed by atoms with Crippen LogP contribution in [0.4, 0.5) is 4.39 Å². The number of hydrogen-bond donors (Lipinski definition) is 0. The van der Waals surface area contributed by atoms with Crippen molar-refractivity contribution in [2.45, 2.75) is 19.1 Å². The molecule has 0 saturated heterocycles. The van der Waals surface area contributed by atoms with Crippen LogP contribution in [0.25, 0.3) is 0 Å². The summed E-state index contributed by atoms with van der Waals surface area (Å²) in [6.07, 6.45) is 0. The zero-order chi connectivity index (χ0) is 12.3. The molecule has 0 N–H and O–H groups in total. The van der Waals surface area contributed by atoms with Gasteiger partial charge >= 0.3 is 0 Å². The molecule has 3 nitrogen and oxygen atoms in total. The number of benzene rings is 1. The molecule has 1 aromatic carbocycles. The van der Waals surface area contributed by atoms with Crippen LogP contribution >= 0.6 is 0 Å². The molecule has 1 aromatic rings. The Morgan fingerprint density at radius 3 is 2.44 bits per heavy atom. The Bertz CT molecular complexity index is 494. The molecule has 0 bridgehead atoms. The van der Waals surface area contributed by atoms with E-state index in [1.54, 1.807) is 0 Å². The quantitative estimate of drug-likeness (QED) is 0.759. The average Bonchev–Trinajstić information content (AvgIpc) is 2.27. The van der Waals surface area contributed by atoms with E-state index in [1.807, 2.05) is 0 Å². The first-order valence-electron chi connectivity index (χ1n) is 4.90. The lowest BCUT2D eigenvalue weighted by Crippen LogP contribution is -2.29. The zero-order valence-corrected chi connectivity index (χ0v) is 9.92. The first-order valence-corrected chi connectivity index (χ1v) is 6.62. The molecular formula is C11H13FO3S. The minimum atomic E-state index is -3.48. The highest BCUT2D eigenvalue weighted by Crippen LogP contribution is 2.14. The van der Waals surface area contributed by atoms with E-state index >= 15 is 0 Å². The molecule has 16 heavy (non-hydrogen) atoms. The Kier molecular flexibility index (Phi) is 3.80. The molecule has 0 unspecified atom stereocenters. The molecule has 0 aliphatic carbocycles. The van der Waals surface area contributed by atoms with Gasteiger partial charge in [-0.1, -0.05) is 19.1 Å². The van der Waals surface area contributed by atoms with Gasteiger partial charge in [0, 0.05) is 5.75 Å². The fourth-order valence-electron chi connectivity index (χ4n) is 1.29. The van der Waals surface area contributed by atoms with E-state index in [4.69, 9.17) is 0 Å². The van der Waals surface area contributed by atoms with Gasteiger partial charge in [0.25, 0.3) is 0 Å². The van der Waals surface area contributed by atoms with Crippen molar-refractivity contribution in [2.24, 2.45) is 0 Å². The molecule has 0 aromatic heterocycles. The van der Waals surface area contributed by atoms with Crippen molar-refractivity contribution in [1.82, 2.24) is 0 Å². The van der Waals surface area contributed by atoms with Crippen molar-refractivity contribution in [1.29, 1.82) is 0 Å². The summed E-state index contributed by atoms with van der Waals surface area (Å²) in [5.41, 5.74) is -0.174. The second kappa shape index (κ2) is 4.74. The Balaban J connectivity index is 3.10. The Hall–Kier alpha value is -1.23. The van der Waals surface area contributed by atoms with Crippen molar-refractivity contribution in [3.8, 4) is 0 Å². The topological polar surface area (TPSA) is 51.2 Å². The van der Waals surface area contributed by atoms with Gasteiger partial charge in [-0.05, 0) is 19.1 Å². The second-order valence-corrected chi connectivity index (χ2v) is 6.05. The fraction of sp³-hybridized carbons (Fsp3) is 0.364. The van der Waals surface area contributed by atoms with Gasteiger partial charge in [-0.15, -0.1) is 0 Å². The highest BCUT2D eigenvalue weighted by atomic mass is 32.2.